The third-order valence-electron chi connectivity index (χ3n) is 2.61. The Balaban J connectivity index is 4.15. The average Bonchev–Trinajstić information content (AvgIpc) is 2.36. The molecule has 2 unspecified atom stereocenters. The molecule has 0 bridgehead atoms. The van der Waals surface area contributed by atoms with E-state index in [4.69, 9.17) is 0 Å². The van der Waals surface area contributed by atoms with Gasteiger partial charge in [-0.1, -0.05) is 19.1 Å². The summed E-state index contributed by atoms with van der Waals surface area (Å²) in [6, 6.07) is -0.596. The fraction of sp³-hybridized carbons (Fsp3) is 0.692. The average molecular weight is 273 g/mol. The summed E-state index contributed by atoms with van der Waals surface area (Å²) in [7, 11) is 1.31. The van der Waals surface area contributed by atoms with Crippen molar-refractivity contribution in [3.8, 4) is 0 Å². The molecular weight excluding hydrogens is 250 g/mol. The summed E-state index contributed by atoms with van der Waals surface area (Å²) >= 11 is 4.12. The Bertz CT molecular complexity index is 292. The summed E-state index contributed by atoms with van der Waals surface area (Å²) in [5, 5.41) is 2.62. The predicted molar refractivity (Wildman–Crippen MR) is 75.6 cm³/mol. The molecule has 0 fully saturated rings. The van der Waals surface area contributed by atoms with Gasteiger partial charge in [-0.3, -0.25) is 4.79 Å². The second kappa shape index (κ2) is 10.00. The maximum Gasteiger partial charge on any atom is 0.328 e. The van der Waals surface area contributed by atoms with E-state index in [-0.39, 0.29) is 11.8 Å². The summed E-state index contributed by atoms with van der Waals surface area (Å²) in [5.74, 6) is 0.449. The summed E-state index contributed by atoms with van der Waals surface area (Å²) in [6.07, 6.45) is 6.26. The first-order valence-corrected chi connectivity index (χ1v) is 6.83. The van der Waals surface area contributed by atoms with Crippen LogP contribution in [-0.4, -0.2) is 30.8 Å². The van der Waals surface area contributed by atoms with E-state index in [1.54, 1.807) is 6.92 Å². The molecule has 4 nitrogen and oxygen atoms in total. The van der Waals surface area contributed by atoms with Gasteiger partial charge < -0.3 is 10.1 Å². The number of methoxy groups -OCH3 is 1. The van der Waals surface area contributed by atoms with E-state index in [1.807, 2.05) is 19.1 Å². The van der Waals surface area contributed by atoms with Crippen molar-refractivity contribution in [2.75, 3.05) is 12.9 Å². The molecule has 2 atom stereocenters. The number of ether oxygens (including phenoxy) is 1. The number of thiol groups is 1. The van der Waals surface area contributed by atoms with Crippen molar-refractivity contribution in [3.63, 3.8) is 0 Å². The smallest absolute Gasteiger partial charge is 0.328 e. The summed E-state index contributed by atoms with van der Waals surface area (Å²) in [6.45, 7) is 3.65. The van der Waals surface area contributed by atoms with E-state index in [2.05, 4.69) is 22.7 Å². The lowest BCUT2D eigenvalue weighted by molar-refractivity contribution is -0.144. The van der Waals surface area contributed by atoms with E-state index in [1.165, 1.54) is 7.11 Å². The van der Waals surface area contributed by atoms with Crippen LogP contribution in [0.2, 0.25) is 0 Å². The lowest BCUT2D eigenvalue weighted by Gasteiger charge is -2.14. The van der Waals surface area contributed by atoms with Gasteiger partial charge in [-0.15, -0.1) is 0 Å². The van der Waals surface area contributed by atoms with Crippen LogP contribution in [0.15, 0.2) is 12.2 Å². The van der Waals surface area contributed by atoms with Crippen LogP contribution in [0, 0.1) is 5.92 Å². The fourth-order valence-corrected chi connectivity index (χ4v) is 1.63. The molecule has 0 rings (SSSR count). The second-order valence-corrected chi connectivity index (χ2v) is 4.57. The van der Waals surface area contributed by atoms with Gasteiger partial charge in [-0.25, -0.2) is 4.79 Å². The van der Waals surface area contributed by atoms with E-state index >= 15 is 0 Å². The summed E-state index contributed by atoms with van der Waals surface area (Å²) < 4.78 is 4.55. The van der Waals surface area contributed by atoms with E-state index in [0.29, 0.717) is 6.42 Å². The first kappa shape index (κ1) is 17.0. The largest absolute Gasteiger partial charge is 0.467 e. The van der Waals surface area contributed by atoms with Crippen LogP contribution in [0.25, 0.3) is 0 Å². The van der Waals surface area contributed by atoms with E-state index < -0.39 is 12.0 Å². The lowest BCUT2D eigenvalue weighted by Crippen LogP contribution is -2.39. The van der Waals surface area contributed by atoms with Crippen molar-refractivity contribution in [2.24, 2.45) is 5.92 Å². The molecule has 0 saturated heterocycles. The van der Waals surface area contributed by atoms with Crippen LogP contribution in [0.5, 0.6) is 0 Å². The number of allylic oxidation sites excluding steroid dienone is 2. The molecule has 0 saturated carbocycles. The first-order chi connectivity index (χ1) is 8.54. The number of hydrogen-bond donors (Lipinski definition) is 2. The van der Waals surface area contributed by atoms with Crippen LogP contribution in [-0.2, 0) is 14.3 Å². The number of esters is 1. The van der Waals surface area contributed by atoms with Crippen molar-refractivity contribution < 1.29 is 14.3 Å². The molecule has 5 heteroatoms. The number of rotatable bonds is 8. The van der Waals surface area contributed by atoms with Crippen molar-refractivity contribution >= 4 is 24.5 Å². The highest BCUT2D eigenvalue weighted by atomic mass is 32.1. The molecule has 0 spiro atoms. The molecule has 18 heavy (non-hydrogen) atoms. The number of nitrogens with one attached hydrogen (secondary N) is 1. The standard InChI is InChI=1S/C13H23NO3S/c1-4-11(7-5-6-8-18)9-12(15)14-10(2)13(16)17-3/h5,7,10-11,18H,4,6,8-9H2,1-3H3,(H,14,15)/b7-5+. The van der Waals surface area contributed by atoms with E-state index in [9.17, 15) is 9.59 Å². The Labute approximate surface area is 115 Å². The highest BCUT2D eigenvalue weighted by Gasteiger charge is 2.17. The number of carbonyl (C=O) groups excluding carboxylic acids is 2. The van der Waals surface area contributed by atoms with Gasteiger partial charge in [0, 0.05) is 6.42 Å². The maximum atomic E-state index is 11.7. The Hall–Kier alpha value is -0.970. The summed E-state index contributed by atoms with van der Waals surface area (Å²) in [4.78, 5) is 22.9. The Morgan fingerprint density at radius 2 is 2.11 bits per heavy atom. The minimum Gasteiger partial charge on any atom is -0.467 e. The summed E-state index contributed by atoms with van der Waals surface area (Å²) in [5.41, 5.74) is 0. The van der Waals surface area contributed by atoms with Gasteiger partial charge in [0.05, 0.1) is 7.11 Å². The van der Waals surface area contributed by atoms with Crippen molar-refractivity contribution in [1.82, 2.24) is 5.32 Å². The molecule has 0 aliphatic rings. The van der Waals surface area contributed by atoms with Gasteiger partial charge in [0.25, 0.3) is 0 Å². The lowest BCUT2D eigenvalue weighted by atomic mass is 10.0. The van der Waals surface area contributed by atoms with E-state index in [0.717, 1.165) is 18.6 Å². The van der Waals surface area contributed by atoms with Crippen LogP contribution < -0.4 is 5.32 Å². The number of carbonyl (C=O) groups is 2. The highest BCUT2D eigenvalue weighted by molar-refractivity contribution is 7.80. The van der Waals surface area contributed by atoms with Gasteiger partial charge in [0.2, 0.25) is 5.91 Å². The Morgan fingerprint density at radius 1 is 1.44 bits per heavy atom. The zero-order valence-electron chi connectivity index (χ0n) is 11.3. The SMILES string of the molecule is CCC(/C=C/CCS)CC(=O)NC(C)C(=O)OC. The van der Waals surface area contributed by atoms with Crippen molar-refractivity contribution in [1.29, 1.82) is 0 Å². The third kappa shape index (κ3) is 7.37. The molecule has 0 heterocycles. The first-order valence-electron chi connectivity index (χ1n) is 6.19. The van der Waals surface area contributed by atoms with Crippen LogP contribution >= 0.6 is 12.6 Å². The molecular formula is C13H23NO3S. The van der Waals surface area contributed by atoms with Crippen molar-refractivity contribution in [3.05, 3.63) is 12.2 Å². The van der Waals surface area contributed by atoms with Gasteiger partial charge >= 0.3 is 5.97 Å². The normalized spacial score (nSPS) is 14.2. The minimum atomic E-state index is -0.596. The third-order valence-corrected chi connectivity index (χ3v) is 2.87. The molecule has 1 N–H and O–H groups in total. The maximum absolute atomic E-state index is 11.7. The van der Waals surface area contributed by atoms with Crippen molar-refractivity contribution in [2.45, 2.75) is 39.2 Å². The highest BCUT2D eigenvalue weighted by Crippen LogP contribution is 2.10. The van der Waals surface area contributed by atoms with Gasteiger partial charge in [0.1, 0.15) is 6.04 Å². The molecule has 0 aromatic heterocycles. The quantitative estimate of drug-likeness (QED) is 0.404. The molecule has 0 radical (unpaired) electrons. The van der Waals surface area contributed by atoms with Crippen LogP contribution in [0.4, 0.5) is 0 Å². The zero-order chi connectivity index (χ0) is 14.0. The fourth-order valence-electron chi connectivity index (χ4n) is 1.49. The molecule has 0 aromatic carbocycles. The topological polar surface area (TPSA) is 55.4 Å². The Kier molecular flexibility index (Phi) is 9.46. The molecule has 0 aliphatic carbocycles. The number of amides is 1. The van der Waals surface area contributed by atoms with Gasteiger partial charge in [-0.2, -0.15) is 12.6 Å². The predicted octanol–water partition coefficient (Wildman–Crippen LogP) is 1.96. The Morgan fingerprint density at radius 3 is 2.61 bits per heavy atom. The molecule has 1 amide bonds. The van der Waals surface area contributed by atoms with Gasteiger partial charge in [-0.05, 0) is 31.4 Å². The molecule has 0 aromatic rings. The zero-order valence-corrected chi connectivity index (χ0v) is 12.2. The van der Waals surface area contributed by atoms with Crippen LogP contribution in [0.1, 0.15) is 33.1 Å². The number of hydrogen-bond acceptors (Lipinski definition) is 4. The molecule has 104 valence electrons. The van der Waals surface area contributed by atoms with Gasteiger partial charge in [0.15, 0.2) is 0 Å². The second-order valence-electron chi connectivity index (χ2n) is 4.13. The monoisotopic (exact) mass is 273 g/mol. The minimum absolute atomic E-state index is 0.129. The molecule has 0 aliphatic heterocycles. The van der Waals surface area contributed by atoms with Crippen LogP contribution in [0.3, 0.4) is 0 Å².